The van der Waals surface area contributed by atoms with Crippen LogP contribution < -0.4 is 9.47 Å². The summed E-state index contributed by atoms with van der Waals surface area (Å²) in [5, 5.41) is 8.33. The van der Waals surface area contributed by atoms with Crippen molar-refractivity contribution in [3.63, 3.8) is 0 Å². The van der Waals surface area contributed by atoms with Gasteiger partial charge in [0.25, 0.3) is 5.91 Å². The number of hydrogen-bond donors (Lipinski definition) is 0. The summed E-state index contributed by atoms with van der Waals surface area (Å²) >= 11 is 0. The van der Waals surface area contributed by atoms with Crippen molar-refractivity contribution in [2.45, 2.75) is 31.2 Å². The molecule has 0 radical (unpaired) electrons. The van der Waals surface area contributed by atoms with Crippen molar-refractivity contribution in [1.82, 2.24) is 24.6 Å². The Bertz CT molecular complexity index is 786. The zero-order valence-corrected chi connectivity index (χ0v) is 14.4. The van der Waals surface area contributed by atoms with E-state index in [0.717, 1.165) is 12.2 Å². The lowest BCUT2D eigenvalue weighted by Crippen LogP contribution is -2.29. The Labute approximate surface area is 145 Å². The summed E-state index contributed by atoms with van der Waals surface area (Å²) in [4.78, 5) is 18.9. The average molecular weight is 343 g/mol. The van der Waals surface area contributed by atoms with Gasteiger partial charge in [-0.15, -0.1) is 10.2 Å². The fourth-order valence-electron chi connectivity index (χ4n) is 3.35. The van der Waals surface area contributed by atoms with E-state index in [2.05, 4.69) is 19.7 Å². The van der Waals surface area contributed by atoms with Gasteiger partial charge >= 0.3 is 0 Å². The molecule has 0 N–H and O–H groups in total. The highest BCUT2D eigenvalue weighted by Gasteiger charge is 2.35. The Kier molecular flexibility index (Phi) is 4.03. The van der Waals surface area contributed by atoms with Gasteiger partial charge in [0, 0.05) is 25.1 Å². The summed E-state index contributed by atoms with van der Waals surface area (Å²) in [5.41, 5.74) is 0.454. The summed E-state index contributed by atoms with van der Waals surface area (Å²) in [6.07, 6.45) is 5.06. The van der Waals surface area contributed by atoms with Gasteiger partial charge < -0.3 is 18.9 Å². The summed E-state index contributed by atoms with van der Waals surface area (Å²) in [5.74, 6) is 2.23. The number of methoxy groups -OCH3 is 2. The zero-order valence-electron chi connectivity index (χ0n) is 14.4. The number of carbonyl (C=O) groups excluding carboxylic acids is 1. The molecule has 4 rings (SSSR count). The van der Waals surface area contributed by atoms with Crippen LogP contribution in [0.5, 0.6) is 11.8 Å². The predicted molar refractivity (Wildman–Crippen MR) is 88.9 cm³/mol. The van der Waals surface area contributed by atoms with Gasteiger partial charge in [-0.1, -0.05) is 0 Å². The van der Waals surface area contributed by atoms with Gasteiger partial charge in [-0.3, -0.25) is 4.79 Å². The van der Waals surface area contributed by atoms with Gasteiger partial charge in [-0.25, -0.2) is 0 Å². The summed E-state index contributed by atoms with van der Waals surface area (Å²) in [7, 11) is 3.04. The number of nitrogens with zero attached hydrogens (tertiary/aromatic N) is 5. The molecule has 1 unspecified atom stereocenters. The number of pyridine rings is 1. The predicted octanol–water partition coefficient (Wildman–Crippen LogP) is 1.65. The Morgan fingerprint density at radius 3 is 2.76 bits per heavy atom. The molecule has 1 saturated heterocycles. The second-order valence-corrected chi connectivity index (χ2v) is 6.47. The lowest BCUT2D eigenvalue weighted by Gasteiger charge is -2.19. The number of ether oxygens (including phenoxy) is 2. The largest absolute Gasteiger partial charge is 0.481 e. The van der Waals surface area contributed by atoms with Gasteiger partial charge in [0.15, 0.2) is 0 Å². The lowest BCUT2D eigenvalue weighted by atomic mass is 10.2. The van der Waals surface area contributed by atoms with Crippen molar-refractivity contribution < 1.29 is 14.3 Å². The van der Waals surface area contributed by atoms with Gasteiger partial charge in [-0.2, -0.15) is 4.98 Å². The highest BCUT2D eigenvalue weighted by atomic mass is 16.5. The van der Waals surface area contributed by atoms with Gasteiger partial charge in [-0.05, 0) is 25.3 Å². The monoisotopic (exact) mass is 343 g/mol. The Hall–Kier alpha value is -2.64. The van der Waals surface area contributed by atoms with Crippen LogP contribution >= 0.6 is 0 Å². The fourth-order valence-corrected chi connectivity index (χ4v) is 3.35. The van der Waals surface area contributed by atoms with E-state index in [1.807, 2.05) is 4.90 Å². The molecule has 132 valence electrons. The van der Waals surface area contributed by atoms with Crippen molar-refractivity contribution >= 4 is 5.91 Å². The summed E-state index contributed by atoms with van der Waals surface area (Å²) < 4.78 is 12.5. The maximum Gasteiger partial charge on any atom is 0.259 e. The second kappa shape index (κ2) is 6.34. The van der Waals surface area contributed by atoms with Crippen molar-refractivity contribution in [2.24, 2.45) is 0 Å². The van der Waals surface area contributed by atoms with Crippen LogP contribution in [0.3, 0.4) is 0 Å². The molecule has 0 bridgehead atoms. The molecule has 0 aromatic carbocycles. The van der Waals surface area contributed by atoms with E-state index in [1.54, 1.807) is 18.5 Å². The third-order valence-electron chi connectivity index (χ3n) is 4.85. The molecule has 3 heterocycles. The maximum atomic E-state index is 12.9. The molecule has 2 fully saturated rings. The van der Waals surface area contributed by atoms with Crippen LogP contribution in [0, 0.1) is 0 Å². The van der Waals surface area contributed by atoms with Crippen LogP contribution in [0.1, 0.15) is 47.4 Å². The van der Waals surface area contributed by atoms with Gasteiger partial charge in [0.05, 0.1) is 20.3 Å². The summed E-state index contributed by atoms with van der Waals surface area (Å²) in [6.45, 7) is 1.34. The first-order valence-electron chi connectivity index (χ1n) is 8.49. The number of amides is 1. The van der Waals surface area contributed by atoms with E-state index in [-0.39, 0.29) is 17.8 Å². The molecular formula is C17H21N5O3. The maximum absolute atomic E-state index is 12.9. The molecule has 2 aromatic rings. The normalized spacial score (nSPS) is 19.9. The Morgan fingerprint density at radius 2 is 2.04 bits per heavy atom. The number of rotatable bonds is 5. The SMILES string of the molecule is COc1ccc(C(=O)N2CCC(n3cnnc3C3CC3)C2)c(OC)n1. The van der Waals surface area contributed by atoms with Crippen molar-refractivity contribution in [3.8, 4) is 11.8 Å². The standard InChI is InChI=1S/C17H21N5O3/c1-24-14-6-5-13(16(19-14)25-2)17(23)21-8-7-12(9-21)22-10-18-20-15(22)11-3-4-11/h5-6,10-12H,3-4,7-9H2,1-2H3. The quantitative estimate of drug-likeness (QED) is 0.821. The minimum absolute atomic E-state index is 0.0736. The second-order valence-electron chi connectivity index (χ2n) is 6.47. The van der Waals surface area contributed by atoms with Crippen LogP contribution in [0.25, 0.3) is 0 Å². The number of likely N-dealkylation sites (tertiary alicyclic amines) is 1. The fraction of sp³-hybridized carbons (Fsp3) is 0.529. The molecule has 0 spiro atoms. The van der Waals surface area contributed by atoms with Gasteiger partial charge in [0.1, 0.15) is 17.7 Å². The molecule has 8 heteroatoms. The molecular weight excluding hydrogens is 322 g/mol. The highest BCUT2D eigenvalue weighted by molar-refractivity contribution is 5.96. The molecule has 1 atom stereocenters. The lowest BCUT2D eigenvalue weighted by molar-refractivity contribution is 0.0783. The van der Waals surface area contributed by atoms with Crippen molar-refractivity contribution in [1.29, 1.82) is 0 Å². The van der Waals surface area contributed by atoms with Crippen LogP contribution in [0.4, 0.5) is 0 Å². The van der Waals surface area contributed by atoms with Crippen LogP contribution in [0.2, 0.25) is 0 Å². The summed E-state index contributed by atoms with van der Waals surface area (Å²) in [6, 6.07) is 3.61. The molecule has 2 aromatic heterocycles. The first-order chi connectivity index (χ1) is 12.2. The number of carbonyl (C=O) groups is 1. The highest BCUT2D eigenvalue weighted by Crippen LogP contribution is 2.40. The van der Waals surface area contributed by atoms with E-state index in [9.17, 15) is 4.79 Å². The van der Waals surface area contributed by atoms with Crippen LogP contribution in [-0.4, -0.2) is 57.9 Å². The third kappa shape index (κ3) is 2.92. The zero-order chi connectivity index (χ0) is 17.4. The first-order valence-corrected chi connectivity index (χ1v) is 8.49. The van der Waals surface area contributed by atoms with E-state index in [1.165, 1.54) is 27.1 Å². The van der Waals surface area contributed by atoms with E-state index in [0.29, 0.717) is 30.5 Å². The minimum Gasteiger partial charge on any atom is -0.481 e. The van der Waals surface area contributed by atoms with Crippen molar-refractivity contribution in [3.05, 3.63) is 29.8 Å². The van der Waals surface area contributed by atoms with Crippen LogP contribution in [-0.2, 0) is 0 Å². The molecule has 1 aliphatic heterocycles. The minimum atomic E-state index is -0.0736. The first kappa shape index (κ1) is 15.9. The van der Waals surface area contributed by atoms with Crippen LogP contribution in [0.15, 0.2) is 18.5 Å². The number of aromatic nitrogens is 4. The van der Waals surface area contributed by atoms with Gasteiger partial charge in [0.2, 0.25) is 11.8 Å². The Morgan fingerprint density at radius 1 is 1.20 bits per heavy atom. The van der Waals surface area contributed by atoms with E-state index in [4.69, 9.17) is 9.47 Å². The molecule has 1 amide bonds. The molecule has 8 nitrogen and oxygen atoms in total. The molecule has 1 aliphatic carbocycles. The number of hydrogen-bond acceptors (Lipinski definition) is 6. The Balaban J connectivity index is 1.51. The topological polar surface area (TPSA) is 82.4 Å². The molecule has 1 saturated carbocycles. The average Bonchev–Trinajstić information content (AvgIpc) is 3.18. The third-order valence-corrected chi connectivity index (χ3v) is 4.85. The van der Waals surface area contributed by atoms with E-state index < -0.39 is 0 Å². The van der Waals surface area contributed by atoms with Crippen molar-refractivity contribution in [2.75, 3.05) is 27.3 Å². The molecule has 2 aliphatic rings. The van der Waals surface area contributed by atoms with E-state index >= 15 is 0 Å². The smallest absolute Gasteiger partial charge is 0.259 e. The molecule has 25 heavy (non-hydrogen) atoms.